The summed E-state index contributed by atoms with van der Waals surface area (Å²) in [5, 5.41) is 23.8. The van der Waals surface area contributed by atoms with Crippen LogP contribution in [-0.2, 0) is 11.2 Å². The van der Waals surface area contributed by atoms with Crippen LogP contribution >= 0.6 is 46.6 Å². The summed E-state index contributed by atoms with van der Waals surface area (Å²) in [6, 6.07) is 45.1. The number of amides is 1. The van der Waals surface area contributed by atoms with Crippen LogP contribution in [0.5, 0.6) is 0 Å². The Morgan fingerprint density at radius 2 is 1.47 bits per heavy atom. The van der Waals surface area contributed by atoms with E-state index in [1.165, 1.54) is 11.8 Å². The minimum Gasteiger partial charge on any atom is -0.353 e. The first kappa shape index (κ1) is 34.9. The van der Waals surface area contributed by atoms with Crippen LogP contribution in [0, 0.1) is 0 Å². The number of aromatic nitrogens is 3. The van der Waals surface area contributed by atoms with Gasteiger partial charge in [0.25, 0.3) is 5.91 Å². The molecule has 1 unspecified atom stereocenters. The number of carbonyl (C=O) groups is 1. The molecule has 2 heterocycles. The molecule has 1 amide bonds. The number of anilines is 2. The fourth-order valence-corrected chi connectivity index (χ4v) is 7.93. The molecular weight excluding hydrogens is 743 g/mol. The van der Waals surface area contributed by atoms with Gasteiger partial charge in [0.2, 0.25) is 0 Å². The number of hydrogen-bond donors (Lipinski definition) is 1. The molecule has 7 aromatic rings. The second-order valence-electron chi connectivity index (χ2n) is 12.5. The lowest BCUT2D eigenvalue weighted by atomic mass is 9.97. The number of hydrazone groups is 1. The Balaban J connectivity index is 1.08. The molecule has 6 aromatic carbocycles. The standard InChI is InChI=1S/C42H31Cl3N6OS/c43-32-21-19-28(20-22-32)38-25-37(31-18-17-27-9-4-5-10-29(27)23-31)49-51(38)40(52)26-53-42-48-47-39(50(42)33-12-2-1-3-13-33)24-30-11-6-7-16-36(30)46-41-34(44)14-8-15-35(41)45/h1-23,38,46H,24-26H2. The zero-order valence-corrected chi connectivity index (χ0v) is 31.2. The third-order valence-electron chi connectivity index (χ3n) is 9.13. The lowest BCUT2D eigenvalue weighted by Crippen LogP contribution is -2.28. The number of halogens is 3. The van der Waals surface area contributed by atoms with E-state index in [1.807, 2.05) is 102 Å². The van der Waals surface area contributed by atoms with E-state index in [2.05, 4.69) is 45.8 Å². The van der Waals surface area contributed by atoms with Crippen LogP contribution < -0.4 is 5.32 Å². The zero-order valence-electron chi connectivity index (χ0n) is 28.2. The molecule has 0 aliphatic carbocycles. The number of hydrogen-bond acceptors (Lipinski definition) is 6. The molecule has 1 aliphatic rings. The third kappa shape index (κ3) is 7.54. The summed E-state index contributed by atoms with van der Waals surface area (Å²) in [5.74, 6) is 0.677. The van der Waals surface area contributed by atoms with Gasteiger partial charge in [0, 0.05) is 29.2 Å². The van der Waals surface area contributed by atoms with Crippen LogP contribution in [0.3, 0.4) is 0 Å². The van der Waals surface area contributed by atoms with Gasteiger partial charge >= 0.3 is 0 Å². The molecule has 0 bridgehead atoms. The highest BCUT2D eigenvalue weighted by atomic mass is 35.5. The molecule has 0 radical (unpaired) electrons. The zero-order chi connectivity index (χ0) is 36.3. The number of thioether (sulfide) groups is 1. The quantitative estimate of drug-likeness (QED) is 0.140. The summed E-state index contributed by atoms with van der Waals surface area (Å²) < 4.78 is 2.00. The summed E-state index contributed by atoms with van der Waals surface area (Å²) in [6.45, 7) is 0. The Morgan fingerprint density at radius 1 is 0.755 bits per heavy atom. The Hall–Kier alpha value is -5.12. The van der Waals surface area contributed by atoms with Crippen molar-refractivity contribution < 1.29 is 4.79 Å². The molecule has 1 atom stereocenters. The van der Waals surface area contributed by atoms with Gasteiger partial charge in [0.1, 0.15) is 5.82 Å². The predicted octanol–water partition coefficient (Wildman–Crippen LogP) is 11.2. The van der Waals surface area contributed by atoms with Crippen molar-refractivity contribution in [2.45, 2.75) is 24.0 Å². The third-order valence-corrected chi connectivity index (χ3v) is 10.9. The molecule has 8 rings (SSSR count). The molecule has 0 spiro atoms. The number of benzene rings is 6. The maximum Gasteiger partial charge on any atom is 0.253 e. The Morgan fingerprint density at radius 3 is 2.26 bits per heavy atom. The van der Waals surface area contributed by atoms with E-state index in [-0.39, 0.29) is 17.7 Å². The molecule has 7 nitrogen and oxygen atoms in total. The Kier molecular flexibility index (Phi) is 10.2. The first-order valence-corrected chi connectivity index (χ1v) is 19.1. The van der Waals surface area contributed by atoms with Gasteiger partial charge in [-0.25, -0.2) is 5.01 Å². The number of nitrogens with zero attached hydrogens (tertiary/aromatic N) is 5. The average molecular weight is 774 g/mol. The number of fused-ring (bicyclic) bond motifs is 1. The summed E-state index contributed by atoms with van der Waals surface area (Å²) in [4.78, 5) is 14.2. The molecule has 53 heavy (non-hydrogen) atoms. The smallest absolute Gasteiger partial charge is 0.253 e. The minimum atomic E-state index is -0.278. The molecule has 1 N–H and O–H groups in total. The monoisotopic (exact) mass is 772 g/mol. The minimum absolute atomic E-state index is 0.104. The first-order chi connectivity index (χ1) is 25.9. The Bertz CT molecular complexity index is 2450. The molecule has 0 saturated heterocycles. The van der Waals surface area contributed by atoms with Gasteiger partial charge in [-0.2, -0.15) is 5.10 Å². The average Bonchev–Trinajstić information content (AvgIpc) is 3.81. The normalized spacial score (nSPS) is 14.1. The largest absolute Gasteiger partial charge is 0.353 e. The summed E-state index contributed by atoms with van der Waals surface area (Å²) in [6.07, 6.45) is 1.03. The van der Waals surface area contributed by atoms with E-state index in [0.29, 0.717) is 44.6 Å². The van der Waals surface area contributed by atoms with E-state index in [1.54, 1.807) is 17.1 Å². The summed E-state index contributed by atoms with van der Waals surface area (Å²) in [7, 11) is 0. The van der Waals surface area contributed by atoms with Gasteiger partial charge in [0.05, 0.1) is 33.2 Å². The SMILES string of the molecule is O=C(CSc1nnc(Cc2ccccc2Nc2c(Cl)cccc2Cl)n1-c1ccccc1)N1N=C(c2ccc3ccccc3c2)CC1c1ccc(Cl)cc1. The number of rotatable bonds is 10. The summed E-state index contributed by atoms with van der Waals surface area (Å²) >= 11 is 20.6. The predicted molar refractivity (Wildman–Crippen MR) is 217 cm³/mol. The maximum atomic E-state index is 14.2. The molecule has 11 heteroatoms. The highest BCUT2D eigenvalue weighted by Crippen LogP contribution is 2.37. The second-order valence-corrected chi connectivity index (χ2v) is 14.7. The number of para-hydroxylation sites is 3. The number of carbonyl (C=O) groups excluding carboxylic acids is 1. The fourth-order valence-electron chi connectivity index (χ4n) is 6.48. The molecule has 262 valence electrons. The van der Waals surface area contributed by atoms with Crippen LogP contribution in [0.25, 0.3) is 16.5 Å². The number of nitrogens with one attached hydrogen (secondary N) is 1. The highest BCUT2D eigenvalue weighted by molar-refractivity contribution is 7.99. The van der Waals surface area contributed by atoms with Crippen LogP contribution in [-0.4, -0.2) is 37.1 Å². The van der Waals surface area contributed by atoms with Gasteiger partial charge in [-0.15, -0.1) is 10.2 Å². The van der Waals surface area contributed by atoms with Crippen molar-refractivity contribution in [1.29, 1.82) is 0 Å². The lowest BCUT2D eigenvalue weighted by Gasteiger charge is -2.22. The van der Waals surface area contributed by atoms with Gasteiger partial charge in [-0.3, -0.25) is 9.36 Å². The molecule has 0 fully saturated rings. The summed E-state index contributed by atoms with van der Waals surface area (Å²) in [5.41, 5.74) is 6.15. The van der Waals surface area contributed by atoms with Crippen molar-refractivity contribution in [2.24, 2.45) is 5.10 Å². The van der Waals surface area contributed by atoms with Crippen molar-refractivity contribution in [1.82, 2.24) is 19.8 Å². The van der Waals surface area contributed by atoms with Crippen molar-refractivity contribution in [3.63, 3.8) is 0 Å². The highest BCUT2D eigenvalue weighted by Gasteiger charge is 2.33. The van der Waals surface area contributed by atoms with Gasteiger partial charge in [0.15, 0.2) is 5.16 Å². The van der Waals surface area contributed by atoms with Crippen molar-refractivity contribution in [2.75, 3.05) is 11.1 Å². The van der Waals surface area contributed by atoms with Crippen molar-refractivity contribution in [3.05, 3.63) is 177 Å². The Labute approximate surface area is 326 Å². The topological polar surface area (TPSA) is 75.4 Å². The van der Waals surface area contributed by atoms with Crippen LogP contribution in [0.4, 0.5) is 11.4 Å². The lowest BCUT2D eigenvalue weighted by molar-refractivity contribution is -0.130. The van der Waals surface area contributed by atoms with E-state index in [9.17, 15) is 4.79 Å². The fraction of sp³-hybridized carbons (Fsp3) is 0.0952. The molecular formula is C42H31Cl3N6OS. The van der Waals surface area contributed by atoms with Gasteiger partial charge in [-0.1, -0.05) is 138 Å². The van der Waals surface area contributed by atoms with E-state index < -0.39 is 0 Å². The van der Waals surface area contributed by atoms with Crippen molar-refractivity contribution >= 4 is 80.3 Å². The molecule has 1 aliphatic heterocycles. The van der Waals surface area contributed by atoms with E-state index >= 15 is 0 Å². The second kappa shape index (κ2) is 15.5. The van der Waals surface area contributed by atoms with Crippen LogP contribution in [0.15, 0.2) is 150 Å². The molecule has 0 saturated carbocycles. The molecule has 1 aromatic heterocycles. The van der Waals surface area contributed by atoms with Gasteiger partial charge < -0.3 is 5.32 Å². The van der Waals surface area contributed by atoms with Crippen LogP contribution in [0.1, 0.15) is 35.0 Å². The van der Waals surface area contributed by atoms with Crippen molar-refractivity contribution in [3.8, 4) is 5.69 Å². The van der Waals surface area contributed by atoms with Crippen LogP contribution in [0.2, 0.25) is 15.1 Å². The first-order valence-electron chi connectivity index (χ1n) is 17.0. The van der Waals surface area contributed by atoms with Gasteiger partial charge in [-0.05, 0) is 76.0 Å². The van der Waals surface area contributed by atoms with E-state index in [4.69, 9.17) is 39.9 Å². The maximum absolute atomic E-state index is 14.2. The van der Waals surface area contributed by atoms with E-state index in [0.717, 1.165) is 44.5 Å².